The van der Waals surface area contributed by atoms with Crippen LogP contribution >= 0.6 is 0 Å². The van der Waals surface area contributed by atoms with Gasteiger partial charge in [0.05, 0.1) is 4.90 Å². The van der Waals surface area contributed by atoms with Gasteiger partial charge in [-0.15, -0.1) is 0 Å². The Labute approximate surface area is 149 Å². The maximum atomic E-state index is 12.8. The third kappa shape index (κ3) is 3.60. The molecule has 0 saturated heterocycles. The molecule has 2 saturated carbocycles. The molecule has 1 amide bonds. The SMILES string of the molecule is O=C1CCc2cc(S(=O)(=O)N[C@@H]3CC[C@@H]4CCCC[C@@H]4C3)ccc2N1. The van der Waals surface area contributed by atoms with E-state index in [-0.39, 0.29) is 11.9 Å². The Kier molecular flexibility index (Phi) is 4.58. The van der Waals surface area contributed by atoms with Crippen LogP contribution in [-0.4, -0.2) is 20.4 Å². The van der Waals surface area contributed by atoms with E-state index in [1.54, 1.807) is 18.2 Å². The minimum atomic E-state index is -3.51. The topological polar surface area (TPSA) is 75.3 Å². The lowest BCUT2D eigenvalue weighted by molar-refractivity contribution is -0.116. The summed E-state index contributed by atoms with van der Waals surface area (Å²) in [5.41, 5.74) is 1.64. The molecular weight excluding hydrogens is 336 g/mol. The Morgan fingerprint density at radius 2 is 1.80 bits per heavy atom. The van der Waals surface area contributed by atoms with Crippen molar-refractivity contribution < 1.29 is 13.2 Å². The van der Waals surface area contributed by atoms with Gasteiger partial charge in [-0.25, -0.2) is 13.1 Å². The fourth-order valence-corrected chi connectivity index (χ4v) is 6.13. The monoisotopic (exact) mass is 362 g/mol. The first-order chi connectivity index (χ1) is 12.0. The summed E-state index contributed by atoms with van der Waals surface area (Å²) in [6, 6.07) is 5.07. The highest BCUT2D eigenvalue weighted by Crippen LogP contribution is 2.40. The van der Waals surface area contributed by atoms with Crippen LogP contribution in [0.2, 0.25) is 0 Å². The lowest BCUT2D eigenvalue weighted by atomic mass is 9.70. The Hall–Kier alpha value is -1.40. The van der Waals surface area contributed by atoms with Gasteiger partial charge in [0, 0.05) is 18.2 Å². The fourth-order valence-electron chi connectivity index (χ4n) is 4.79. The number of hydrogen-bond acceptors (Lipinski definition) is 3. The number of carbonyl (C=O) groups excluding carboxylic acids is 1. The van der Waals surface area contributed by atoms with Crippen molar-refractivity contribution >= 4 is 21.6 Å². The van der Waals surface area contributed by atoms with Gasteiger partial charge in [-0.05, 0) is 61.3 Å². The zero-order valence-electron chi connectivity index (χ0n) is 14.5. The molecule has 2 N–H and O–H groups in total. The van der Waals surface area contributed by atoms with Crippen molar-refractivity contribution in [1.29, 1.82) is 0 Å². The molecule has 0 bridgehead atoms. The standard InChI is InChI=1S/C19H26N2O3S/c22-19-10-6-15-12-17(8-9-18(15)20-19)25(23,24)21-16-7-5-13-3-1-2-4-14(13)11-16/h8-9,12-14,16,21H,1-7,10-11H2,(H,20,22)/t13-,14+,16+/m0/s1. The van der Waals surface area contributed by atoms with Crippen LogP contribution < -0.4 is 10.0 Å². The summed E-state index contributed by atoms with van der Waals surface area (Å²) in [7, 11) is -3.51. The third-order valence-corrected chi connectivity index (χ3v) is 7.66. The van der Waals surface area contributed by atoms with Crippen LogP contribution in [0.5, 0.6) is 0 Å². The van der Waals surface area contributed by atoms with Crippen molar-refractivity contribution in [3.8, 4) is 0 Å². The molecule has 2 fully saturated rings. The first kappa shape index (κ1) is 17.0. The van der Waals surface area contributed by atoms with E-state index in [9.17, 15) is 13.2 Å². The van der Waals surface area contributed by atoms with Gasteiger partial charge in [-0.1, -0.05) is 25.7 Å². The maximum absolute atomic E-state index is 12.8. The highest BCUT2D eigenvalue weighted by Gasteiger charge is 2.34. The van der Waals surface area contributed by atoms with Crippen molar-refractivity contribution in [1.82, 2.24) is 4.72 Å². The third-order valence-electron chi connectivity index (χ3n) is 6.14. The number of rotatable bonds is 3. The van der Waals surface area contributed by atoms with Gasteiger partial charge in [0.25, 0.3) is 0 Å². The molecule has 3 atom stereocenters. The molecule has 25 heavy (non-hydrogen) atoms. The molecule has 1 aromatic carbocycles. The molecule has 5 nitrogen and oxygen atoms in total. The molecule has 0 aromatic heterocycles. The van der Waals surface area contributed by atoms with E-state index < -0.39 is 10.0 Å². The molecule has 0 unspecified atom stereocenters. The lowest BCUT2D eigenvalue weighted by Gasteiger charge is -2.39. The van der Waals surface area contributed by atoms with E-state index in [1.165, 1.54) is 25.7 Å². The summed E-state index contributed by atoms with van der Waals surface area (Å²) < 4.78 is 28.6. The van der Waals surface area contributed by atoms with Gasteiger partial charge in [0.1, 0.15) is 0 Å². The largest absolute Gasteiger partial charge is 0.326 e. The van der Waals surface area contributed by atoms with Crippen LogP contribution in [0.3, 0.4) is 0 Å². The summed E-state index contributed by atoms with van der Waals surface area (Å²) in [6.07, 6.45) is 9.27. The Morgan fingerprint density at radius 3 is 2.64 bits per heavy atom. The van der Waals surface area contributed by atoms with E-state index in [0.717, 1.165) is 36.4 Å². The number of sulfonamides is 1. The van der Waals surface area contributed by atoms with E-state index >= 15 is 0 Å². The number of fused-ring (bicyclic) bond motifs is 2. The predicted molar refractivity (Wildman–Crippen MR) is 96.8 cm³/mol. The van der Waals surface area contributed by atoms with Gasteiger partial charge in [-0.2, -0.15) is 0 Å². The lowest BCUT2D eigenvalue weighted by Crippen LogP contribution is -2.41. The maximum Gasteiger partial charge on any atom is 0.240 e. The summed E-state index contributed by atoms with van der Waals surface area (Å²) >= 11 is 0. The minimum absolute atomic E-state index is 0.00882. The zero-order valence-corrected chi connectivity index (χ0v) is 15.3. The van der Waals surface area contributed by atoms with Crippen molar-refractivity contribution in [2.75, 3.05) is 5.32 Å². The van der Waals surface area contributed by atoms with Crippen LogP contribution in [0, 0.1) is 11.8 Å². The summed E-state index contributed by atoms with van der Waals surface area (Å²) in [5.74, 6) is 1.49. The van der Waals surface area contributed by atoms with Crippen LogP contribution in [-0.2, 0) is 21.2 Å². The van der Waals surface area contributed by atoms with Crippen molar-refractivity contribution in [2.24, 2.45) is 11.8 Å². The number of hydrogen-bond donors (Lipinski definition) is 2. The second-order valence-electron chi connectivity index (χ2n) is 7.80. The zero-order chi connectivity index (χ0) is 17.4. The van der Waals surface area contributed by atoms with Crippen LogP contribution in [0.15, 0.2) is 23.1 Å². The van der Waals surface area contributed by atoms with E-state index in [2.05, 4.69) is 10.0 Å². The first-order valence-corrected chi connectivity index (χ1v) is 10.9. The van der Waals surface area contributed by atoms with Crippen LogP contribution in [0.1, 0.15) is 56.9 Å². The van der Waals surface area contributed by atoms with Crippen molar-refractivity contribution in [3.63, 3.8) is 0 Å². The van der Waals surface area contributed by atoms with Crippen molar-refractivity contribution in [2.45, 2.75) is 68.7 Å². The Bertz CT molecular complexity index is 775. The first-order valence-electron chi connectivity index (χ1n) is 9.46. The number of amides is 1. The van der Waals surface area contributed by atoms with Gasteiger partial charge >= 0.3 is 0 Å². The second-order valence-corrected chi connectivity index (χ2v) is 9.52. The average Bonchev–Trinajstić information content (AvgIpc) is 2.60. The summed E-state index contributed by atoms with van der Waals surface area (Å²) in [6.45, 7) is 0. The molecule has 2 aliphatic carbocycles. The minimum Gasteiger partial charge on any atom is -0.326 e. The number of benzene rings is 1. The molecule has 6 heteroatoms. The molecule has 4 rings (SSSR count). The Morgan fingerprint density at radius 1 is 1.00 bits per heavy atom. The number of anilines is 1. The highest BCUT2D eigenvalue weighted by molar-refractivity contribution is 7.89. The van der Waals surface area contributed by atoms with Gasteiger partial charge in [0.2, 0.25) is 15.9 Å². The molecule has 1 aromatic rings. The summed E-state index contributed by atoms with van der Waals surface area (Å²) in [4.78, 5) is 11.8. The Balaban J connectivity index is 1.47. The van der Waals surface area contributed by atoms with Gasteiger partial charge in [-0.3, -0.25) is 4.79 Å². The molecule has 3 aliphatic rings. The van der Waals surface area contributed by atoms with E-state index in [4.69, 9.17) is 0 Å². The fraction of sp³-hybridized carbons (Fsp3) is 0.632. The molecule has 1 heterocycles. The second kappa shape index (κ2) is 6.72. The van der Waals surface area contributed by atoms with E-state index in [0.29, 0.717) is 23.7 Å². The highest BCUT2D eigenvalue weighted by atomic mass is 32.2. The van der Waals surface area contributed by atoms with Crippen molar-refractivity contribution in [3.05, 3.63) is 23.8 Å². The molecular formula is C19H26N2O3S. The number of carbonyl (C=O) groups is 1. The van der Waals surface area contributed by atoms with E-state index in [1.807, 2.05) is 0 Å². The molecule has 1 aliphatic heterocycles. The molecule has 0 radical (unpaired) electrons. The predicted octanol–water partition coefficient (Wildman–Crippen LogP) is 3.21. The number of aryl methyl sites for hydroxylation is 1. The van der Waals surface area contributed by atoms with Crippen LogP contribution in [0.4, 0.5) is 5.69 Å². The summed E-state index contributed by atoms with van der Waals surface area (Å²) in [5, 5.41) is 2.80. The van der Waals surface area contributed by atoms with Gasteiger partial charge in [0.15, 0.2) is 0 Å². The average molecular weight is 362 g/mol. The molecule has 136 valence electrons. The number of nitrogens with one attached hydrogen (secondary N) is 2. The van der Waals surface area contributed by atoms with Crippen LogP contribution in [0.25, 0.3) is 0 Å². The smallest absolute Gasteiger partial charge is 0.240 e. The van der Waals surface area contributed by atoms with Gasteiger partial charge < -0.3 is 5.32 Å². The molecule has 0 spiro atoms. The quantitative estimate of drug-likeness (QED) is 0.867. The normalized spacial score (nSPS) is 29.4.